The van der Waals surface area contributed by atoms with E-state index in [1.807, 2.05) is 36.0 Å². The summed E-state index contributed by atoms with van der Waals surface area (Å²) >= 11 is 1.95. The molecule has 1 aliphatic carbocycles. The van der Waals surface area contributed by atoms with Gasteiger partial charge in [-0.25, -0.2) is 0 Å². The summed E-state index contributed by atoms with van der Waals surface area (Å²) in [7, 11) is 0. The van der Waals surface area contributed by atoms with E-state index in [-0.39, 0.29) is 5.91 Å². The van der Waals surface area contributed by atoms with E-state index in [0.29, 0.717) is 12.5 Å². The Morgan fingerprint density at radius 3 is 2.47 bits per heavy atom. The van der Waals surface area contributed by atoms with Crippen molar-refractivity contribution in [3.05, 3.63) is 29.8 Å². The van der Waals surface area contributed by atoms with E-state index < -0.39 is 0 Å². The second-order valence-electron chi connectivity index (χ2n) is 5.20. The van der Waals surface area contributed by atoms with Gasteiger partial charge in [0.2, 0.25) is 5.91 Å². The van der Waals surface area contributed by atoms with Gasteiger partial charge in [-0.2, -0.15) is 11.8 Å². The van der Waals surface area contributed by atoms with Crippen LogP contribution in [0.25, 0.3) is 0 Å². The van der Waals surface area contributed by atoms with Gasteiger partial charge in [0, 0.05) is 17.0 Å². The molecule has 0 unspecified atom stereocenters. The number of carbonyl (C=O) groups is 1. The molecule has 1 saturated carbocycles. The van der Waals surface area contributed by atoms with Crippen molar-refractivity contribution < 1.29 is 4.79 Å². The topological polar surface area (TPSA) is 55.1 Å². The van der Waals surface area contributed by atoms with Gasteiger partial charge in [-0.05, 0) is 49.6 Å². The number of nitrogens with two attached hydrogens (primary N) is 1. The number of hydrogen-bond acceptors (Lipinski definition) is 3. The van der Waals surface area contributed by atoms with Crippen molar-refractivity contribution in [1.29, 1.82) is 0 Å². The maximum Gasteiger partial charge on any atom is 0.224 e. The van der Waals surface area contributed by atoms with Gasteiger partial charge in [0.15, 0.2) is 0 Å². The highest BCUT2D eigenvalue weighted by Crippen LogP contribution is 2.26. The van der Waals surface area contributed by atoms with Crippen molar-refractivity contribution in [1.82, 2.24) is 5.32 Å². The molecule has 1 aromatic rings. The fraction of sp³-hybridized carbons (Fsp3) is 0.533. The lowest BCUT2D eigenvalue weighted by Gasteiger charge is -2.28. The predicted octanol–water partition coefficient (Wildman–Crippen LogP) is 2.60. The van der Waals surface area contributed by atoms with Crippen molar-refractivity contribution in [2.45, 2.75) is 43.4 Å². The van der Waals surface area contributed by atoms with E-state index in [1.165, 1.54) is 12.8 Å². The number of thioether (sulfide) groups is 1. The van der Waals surface area contributed by atoms with Crippen LogP contribution in [-0.2, 0) is 11.2 Å². The van der Waals surface area contributed by atoms with Crippen LogP contribution in [0, 0.1) is 0 Å². The van der Waals surface area contributed by atoms with Gasteiger partial charge in [-0.3, -0.25) is 4.79 Å². The SMILES string of the molecule is CSC1CCC(NC(=O)Cc2ccc(N)cc2)CC1. The third kappa shape index (κ3) is 4.46. The summed E-state index contributed by atoms with van der Waals surface area (Å²) in [5.41, 5.74) is 7.38. The number of rotatable bonds is 4. The van der Waals surface area contributed by atoms with Gasteiger partial charge in [-0.1, -0.05) is 12.1 Å². The summed E-state index contributed by atoms with van der Waals surface area (Å²) in [5.74, 6) is 0.123. The number of hydrogen-bond donors (Lipinski definition) is 2. The second kappa shape index (κ2) is 6.85. The molecule has 19 heavy (non-hydrogen) atoms. The molecule has 2 rings (SSSR count). The Kier molecular flexibility index (Phi) is 5.14. The van der Waals surface area contributed by atoms with Gasteiger partial charge in [-0.15, -0.1) is 0 Å². The van der Waals surface area contributed by atoms with Crippen molar-refractivity contribution >= 4 is 23.4 Å². The van der Waals surface area contributed by atoms with Crippen LogP contribution >= 0.6 is 11.8 Å². The van der Waals surface area contributed by atoms with E-state index in [9.17, 15) is 4.79 Å². The zero-order valence-electron chi connectivity index (χ0n) is 11.4. The lowest BCUT2D eigenvalue weighted by atomic mass is 9.95. The first-order valence-electron chi connectivity index (χ1n) is 6.84. The molecule has 3 nitrogen and oxygen atoms in total. The van der Waals surface area contributed by atoms with Crippen molar-refractivity contribution in [2.75, 3.05) is 12.0 Å². The molecule has 104 valence electrons. The zero-order chi connectivity index (χ0) is 13.7. The number of anilines is 1. The highest BCUT2D eigenvalue weighted by atomic mass is 32.2. The molecule has 4 heteroatoms. The van der Waals surface area contributed by atoms with E-state index >= 15 is 0 Å². The van der Waals surface area contributed by atoms with Crippen LogP contribution in [0.5, 0.6) is 0 Å². The molecule has 0 heterocycles. The first-order valence-corrected chi connectivity index (χ1v) is 8.12. The predicted molar refractivity (Wildman–Crippen MR) is 82.3 cm³/mol. The lowest BCUT2D eigenvalue weighted by Crippen LogP contribution is -2.38. The molecule has 1 aromatic carbocycles. The highest BCUT2D eigenvalue weighted by molar-refractivity contribution is 7.99. The third-order valence-electron chi connectivity index (χ3n) is 3.72. The fourth-order valence-electron chi connectivity index (χ4n) is 2.54. The Hall–Kier alpha value is -1.16. The van der Waals surface area contributed by atoms with Crippen molar-refractivity contribution in [2.24, 2.45) is 0 Å². The van der Waals surface area contributed by atoms with Crippen molar-refractivity contribution in [3.8, 4) is 0 Å². The Morgan fingerprint density at radius 1 is 1.26 bits per heavy atom. The Bertz CT molecular complexity index is 411. The van der Waals surface area contributed by atoms with Crippen LogP contribution in [-0.4, -0.2) is 23.5 Å². The van der Waals surface area contributed by atoms with Crippen LogP contribution in [0.1, 0.15) is 31.2 Å². The van der Waals surface area contributed by atoms with Crippen LogP contribution in [0.2, 0.25) is 0 Å². The van der Waals surface area contributed by atoms with E-state index in [1.54, 1.807) is 0 Å². The number of amides is 1. The molecule has 1 amide bonds. The van der Waals surface area contributed by atoms with Crippen LogP contribution in [0.4, 0.5) is 5.69 Å². The van der Waals surface area contributed by atoms with E-state index in [2.05, 4.69) is 11.6 Å². The van der Waals surface area contributed by atoms with Gasteiger partial charge in [0.25, 0.3) is 0 Å². The maximum atomic E-state index is 12.0. The van der Waals surface area contributed by atoms with Crippen molar-refractivity contribution in [3.63, 3.8) is 0 Å². The van der Waals surface area contributed by atoms with Gasteiger partial charge >= 0.3 is 0 Å². The summed E-state index contributed by atoms with van der Waals surface area (Å²) in [6.07, 6.45) is 7.27. The summed E-state index contributed by atoms with van der Waals surface area (Å²) in [6.45, 7) is 0. The molecule has 1 fully saturated rings. The summed E-state index contributed by atoms with van der Waals surface area (Å²) in [4.78, 5) is 12.0. The molecule has 0 radical (unpaired) electrons. The molecule has 0 bridgehead atoms. The third-order valence-corrected chi connectivity index (χ3v) is 4.86. The van der Waals surface area contributed by atoms with Gasteiger partial charge < -0.3 is 11.1 Å². The fourth-order valence-corrected chi connectivity index (χ4v) is 3.29. The number of benzene rings is 1. The molecular weight excluding hydrogens is 256 g/mol. The molecule has 0 spiro atoms. The average Bonchev–Trinajstić information content (AvgIpc) is 2.42. The molecule has 1 aliphatic rings. The number of carbonyl (C=O) groups excluding carboxylic acids is 1. The van der Waals surface area contributed by atoms with E-state index in [4.69, 9.17) is 5.73 Å². The maximum absolute atomic E-state index is 12.0. The first-order chi connectivity index (χ1) is 9.17. The highest BCUT2D eigenvalue weighted by Gasteiger charge is 2.21. The molecular formula is C15H22N2OS. The minimum absolute atomic E-state index is 0.123. The number of nitrogen functional groups attached to an aromatic ring is 1. The minimum atomic E-state index is 0.123. The van der Waals surface area contributed by atoms with Gasteiger partial charge in [0.1, 0.15) is 0 Å². The molecule has 3 N–H and O–H groups in total. The largest absolute Gasteiger partial charge is 0.399 e. The second-order valence-corrected chi connectivity index (χ2v) is 6.33. The Morgan fingerprint density at radius 2 is 1.89 bits per heavy atom. The molecule has 0 atom stereocenters. The van der Waals surface area contributed by atoms with Gasteiger partial charge in [0.05, 0.1) is 6.42 Å². The monoisotopic (exact) mass is 278 g/mol. The summed E-state index contributed by atoms with van der Waals surface area (Å²) < 4.78 is 0. The quantitative estimate of drug-likeness (QED) is 0.832. The zero-order valence-corrected chi connectivity index (χ0v) is 12.2. The first kappa shape index (κ1) is 14.3. The Balaban J connectivity index is 1.77. The minimum Gasteiger partial charge on any atom is -0.399 e. The number of nitrogens with one attached hydrogen (secondary N) is 1. The standard InChI is InChI=1S/C15H22N2OS/c1-19-14-8-6-13(7-9-14)17-15(18)10-11-2-4-12(16)5-3-11/h2-5,13-14H,6-10,16H2,1H3,(H,17,18). The molecule has 0 aliphatic heterocycles. The van der Waals surface area contributed by atoms with E-state index in [0.717, 1.165) is 29.3 Å². The summed E-state index contributed by atoms with van der Waals surface area (Å²) in [5, 5.41) is 3.93. The van der Waals surface area contributed by atoms with Crippen LogP contribution in [0.15, 0.2) is 24.3 Å². The average molecular weight is 278 g/mol. The smallest absolute Gasteiger partial charge is 0.224 e. The van der Waals surface area contributed by atoms with Crippen LogP contribution < -0.4 is 11.1 Å². The Labute approximate surface area is 119 Å². The molecule has 0 saturated heterocycles. The van der Waals surface area contributed by atoms with Crippen LogP contribution in [0.3, 0.4) is 0 Å². The lowest BCUT2D eigenvalue weighted by molar-refractivity contribution is -0.121. The molecule has 0 aromatic heterocycles. The summed E-state index contributed by atoms with van der Waals surface area (Å²) in [6, 6.07) is 7.88. The normalized spacial score (nSPS) is 23.0.